The molecule has 0 radical (unpaired) electrons. The van der Waals surface area contributed by atoms with E-state index in [9.17, 15) is 14.9 Å². The molecule has 96 valence electrons. The summed E-state index contributed by atoms with van der Waals surface area (Å²) in [7, 11) is 0. The standard InChI is InChI=1S/C12H13ClN2O3/c1-2-3-4-8-14-12(16)11-9(13)6-5-7-10(11)15(17)18/h2-3,5-7H,4,8H2,1H3,(H,14,16)/b3-2+. The maximum atomic E-state index is 11.8. The summed E-state index contributed by atoms with van der Waals surface area (Å²) in [5.74, 6) is -0.531. The summed E-state index contributed by atoms with van der Waals surface area (Å²) in [5.41, 5.74) is -0.379. The van der Waals surface area contributed by atoms with Crippen molar-refractivity contribution in [2.45, 2.75) is 13.3 Å². The van der Waals surface area contributed by atoms with Gasteiger partial charge in [0.2, 0.25) is 0 Å². The van der Waals surface area contributed by atoms with Crippen LogP contribution in [0.5, 0.6) is 0 Å². The van der Waals surface area contributed by atoms with Gasteiger partial charge in [0.25, 0.3) is 11.6 Å². The Balaban J connectivity index is 2.87. The Hall–Kier alpha value is -1.88. The van der Waals surface area contributed by atoms with Gasteiger partial charge in [0.05, 0.1) is 9.95 Å². The number of nitro benzene ring substituents is 1. The number of carbonyl (C=O) groups excluding carboxylic acids is 1. The summed E-state index contributed by atoms with van der Waals surface area (Å²) in [6, 6.07) is 4.15. The lowest BCUT2D eigenvalue weighted by atomic mass is 10.1. The molecular formula is C12H13ClN2O3. The quantitative estimate of drug-likeness (QED) is 0.386. The van der Waals surface area contributed by atoms with Crippen LogP contribution in [-0.4, -0.2) is 17.4 Å². The van der Waals surface area contributed by atoms with E-state index in [0.717, 1.165) is 0 Å². The van der Waals surface area contributed by atoms with E-state index in [4.69, 9.17) is 11.6 Å². The molecule has 0 atom stereocenters. The first kappa shape index (κ1) is 14.2. The molecule has 1 aromatic carbocycles. The van der Waals surface area contributed by atoms with E-state index in [0.29, 0.717) is 13.0 Å². The fourth-order valence-corrected chi connectivity index (χ4v) is 1.67. The van der Waals surface area contributed by atoms with Gasteiger partial charge in [0, 0.05) is 12.6 Å². The second kappa shape index (κ2) is 6.76. The number of amides is 1. The minimum Gasteiger partial charge on any atom is -0.351 e. The molecule has 6 heteroatoms. The summed E-state index contributed by atoms with van der Waals surface area (Å²) in [6.45, 7) is 2.28. The molecule has 0 aromatic heterocycles. The van der Waals surface area contributed by atoms with Gasteiger partial charge in [0.15, 0.2) is 0 Å². The predicted molar refractivity (Wildman–Crippen MR) is 69.9 cm³/mol. The fraction of sp³-hybridized carbons (Fsp3) is 0.250. The maximum absolute atomic E-state index is 11.8. The molecule has 1 N–H and O–H groups in total. The van der Waals surface area contributed by atoms with E-state index in [-0.39, 0.29) is 16.3 Å². The third kappa shape index (κ3) is 3.56. The molecule has 1 rings (SSSR count). The maximum Gasteiger partial charge on any atom is 0.283 e. The Morgan fingerprint density at radius 2 is 2.28 bits per heavy atom. The number of nitrogens with one attached hydrogen (secondary N) is 1. The Bertz CT molecular complexity index is 486. The van der Waals surface area contributed by atoms with Crippen molar-refractivity contribution in [1.29, 1.82) is 0 Å². The van der Waals surface area contributed by atoms with Gasteiger partial charge < -0.3 is 5.32 Å². The summed E-state index contributed by atoms with van der Waals surface area (Å²) in [5, 5.41) is 13.5. The molecule has 0 spiro atoms. The van der Waals surface area contributed by atoms with Crippen molar-refractivity contribution in [3.05, 3.63) is 51.1 Å². The van der Waals surface area contributed by atoms with Crippen LogP contribution in [0, 0.1) is 10.1 Å². The van der Waals surface area contributed by atoms with Crippen molar-refractivity contribution in [1.82, 2.24) is 5.32 Å². The van der Waals surface area contributed by atoms with Crippen LogP contribution in [0.25, 0.3) is 0 Å². The molecular weight excluding hydrogens is 256 g/mol. The monoisotopic (exact) mass is 268 g/mol. The van der Waals surface area contributed by atoms with Crippen LogP contribution < -0.4 is 5.32 Å². The molecule has 0 bridgehead atoms. The molecule has 1 aromatic rings. The van der Waals surface area contributed by atoms with Gasteiger partial charge in [-0.05, 0) is 19.4 Å². The second-order valence-corrected chi connectivity index (χ2v) is 3.91. The minimum atomic E-state index is -0.618. The van der Waals surface area contributed by atoms with Crippen LogP contribution in [0.2, 0.25) is 5.02 Å². The van der Waals surface area contributed by atoms with Crippen LogP contribution >= 0.6 is 11.6 Å². The Kier molecular flexibility index (Phi) is 5.32. The molecule has 0 saturated heterocycles. The van der Waals surface area contributed by atoms with E-state index < -0.39 is 10.8 Å². The summed E-state index contributed by atoms with van der Waals surface area (Å²) >= 11 is 5.83. The Morgan fingerprint density at radius 3 is 2.89 bits per heavy atom. The van der Waals surface area contributed by atoms with Crippen molar-refractivity contribution in [2.75, 3.05) is 6.54 Å². The summed E-state index contributed by atoms with van der Waals surface area (Å²) in [6.07, 6.45) is 4.42. The molecule has 0 aliphatic carbocycles. The number of rotatable bonds is 5. The second-order valence-electron chi connectivity index (χ2n) is 3.50. The molecule has 0 heterocycles. The molecule has 0 saturated carbocycles. The molecule has 1 amide bonds. The molecule has 0 fully saturated rings. The van der Waals surface area contributed by atoms with Gasteiger partial charge in [-0.1, -0.05) is 29.8 Å². The highest BCUT2D eigenvalue weighted by Gasteiger charge is 2.22. The van der Waals surface area contributed by atoms with Crippen molar-refractivity contribution in [3.8, 4) is 0 Å². The Labute approximate surface area is 110 Å². The molecule has 0 aliphatic rings. The van der Waals surface area contributed by atoms with Crippen LogP contribution in [0.3, 0.4) is 0 Å². The number of benzene rings is 1. The van der Waals surface area contributed by atoms with Crippen molar-refractivity contribution < 1.29 is 9.72 Å². The topological polar surface area (TPSA) is 72.2 Å². The molecule has 5 nitrogen and oxygen atoms in total. The zero-order valence-corrected chi connectivity index (χ0v) is 10.6. The Morgan fingerprint density at radius 1 is 1.56 bits per heavy atom. The number of hydrogen-bond acceptors (Lipinski definition) is 3. The SMILES string of the molecule is C/C=C/CCNC(=O)c1c(Cl)cccc1[N+](=O)[O-]. The third-order valence-corrected chi connectivity index (χ3v) is 2.56. The lowest BCUT2D eigenvalue weighted by Crippen LogP contribution is -2.25. The number of carbonyl (C=O) groups is 1. The lowest BCUT2D eigenvalue weighted by molar-refractivity contribution is -0.385. The third-order valence-electron chi connectivity index (χ3n) is 2.25. The molecule has 0 unspecified atom stereocenters. The van der Waals surface area contributed by atoms with Gasteiger partial charge in [-0.2, -0.15) is 0 Å². The van der Waals surface area contributed by atoms with E-state index in [2.05, 4.69) is 5.32 Å². The fourth-order valence-electron chi connectivity index (χ4n) is 1.41. The summed E-state index contributed by atoms with van der Waals surface area (Å²) < 4.78 is 0. The van der Waals surface area contributed by atoms with Crippen LogP contribution in [0.1, 0.15) is 23.7 Å². The summed E-state index contributed by atoms with van der Waals surface area (Å²) in [4.78, 5) is 22.0. The lowest BCUT2D eigenvalue weighted by Gasteiger charge is -2.06. The first-order valence-electron chi connectivity index (χ1n) is 5.40. The van der Waals surface area contributed by atoms with E-state index >= 15 is 0 Å². The normalized spacial score (nSPS) is 10.6. The van der Waals surface area contributed by atoms with E-state index in [1.807, 2.05) is 19.1 Å². The highest BCUT2D eigenvalue weighted by molar-refractivity contribution is 6.34. The average molecular weight is 269 g/mol. The zero-order valence-electron chi connectivity index (χ0n) is 9.85. The average Bonchev–Trinajstić information content (AvgIpc) is 2.34. The highest BCUT2D eigenvalue weighted by Crippen LogP contribution is 2.25. The number of hydrogen-bond donors (Lipinski definition) is 1. The molecule has 0 aliphatic heterocycles. The van der Waals surface area contributed by atoms with Gasteiger partial charge in [-0.15, -0.1) is 0 Å². The van der Waals surface area contributed by atoms with Crippen molar-refractivity contribution in [3.63, 3.8) is 0 Å². The van der Waals surface area contributed by atoms with Gasteiger partial charge in [-0.25, -0.2) is 0 Å². The molecule has 18 heavy (non-hydrogen) atoms. The minimum absolute atomic E-state index is 0.0766. The van der Waals surface area contributed by atoms with Crippen molar-refractivity contribution in [2.24, 2.45) is 0 Å². The van der Waals surface area contributed by atoms with Crippen LogP contribution in [0.4, 0.5) is 5.69 Å². The highest BCUT2D eigenvalue weighted by atomic mass is 35.5. The first-order chi connectivity index (χ1) is 8.57. The number of nitrogens with zero attached hydrogens (tertiary/aromatic N) is 1. The van der Waals surface area contributed by atoms with E-state index in [1.54, 1.807) is 0 Å². The predicted octanol–water partition coefficient (Wildman–Crippen LogP) is 2.94. The van der Waals surface area contributed by atoms with Crippen LogP contribution in [0.15, 0.2) is 30.4 Å². The zero-order chi connectivity index (χ0) is 13.5. The van der Waals surface area contributed by atoms with Gasteiger partial charge >= 0.3 is 0 Å². The van der Waals surface area contributed by atoms with E-state index in [1.165, 1.54) is 18.2 Å². The smallest absolute Gasteiger partial charge is 0.283 e. The number of halogens is 1. The van der Waals surface area contributed by atoms with Crippen LogP contribution in [-0.2, 0) is 0 Å². The number of nitro groups is 1. The van der Waals surface area contributed by atoms with Gasteiger partial charge in [0.1, 0.15) is 5.56 Å². The first-order valence-corrected chi connectivity index (χ1v) is 5.78. The van der Waals surface area contributed by atoms with Crippen molar-refractivity contribution >= 4 is 23.2 Å². The largest absolute Gasteiger partial charge is 0.351 e. The van der Waals surface area contributed by atoms with Gasteiger partial charge in [-0.3, -0.25) is 14.9 Å². The number of allylic oxidation sites excluding steroid dienone is 1.